The summed E-state index contributed by atoms with van der Waals surface area (Å²) in [4.78, 5) is 5.75. The predicted molar refractivity (Wildman–Crippen MR) is 82.5 cm³/mol. The van der Waals surface area contributed by atoms with Crippen molar-refractivity contribution in [3.05, 3.63) is 77.5 Å². The second-order valence-electron chi connectivity index (χ2n) is 5.48. The van der Waals surface area contributed by atoms with E-state index in [1.807, 2.05) is 43.3 Å². The van der Waals surface area contributed by atoms with Gasteiger partial charge in [-0.05, 0) is 43.0 Å². The van der Waals surface area contributed by atoms with Crippen LogP contribution in [0.1, 0.15) is 24.5 Å². The number of para-hydroxylation sites is 1. The Hall–Kier alpha value is -2.26. The molecule has 108 valence electrons. The van der Waals surface area contributed by atoms with Crippen molar-refractivity contribution in [1.29, 1.82) is 0 Å². The zero-order valence-electron chi connectivity index (χ0n) is 12.0. The first-order chi connectivity index (χ1) is 10.2. The molecule has 0 radical (unpaired) electrons. The van der Waals surface area contributed by atoms with E-state index in [4.69, 9.17) is 4.84 Å². The molecule has 0 saturated carbocycles. The second kappa shape index (κ2) is 5.62. The van der Waals surface area contributed by atoms with Crippen molar-refractivity contribution in [2.45, 2.75) is 25.4 Å². The van der Waals surface area contributed by atoms with Crippen LogP contribution in [-0.2, 0) is 16.9 Å². The van der Waals surface area contributed by atoms with Crippen molar-refractivity contribution < 1.29 is 9.94 Å². The van der Waals surface area contributed by atoms with Crippen LogP contribution in [0.25, 0.3) is 0 Å². The molecule has 1 aliphatic heterocycles. The quantitative estimate of drug-likeness (QED) is 0.898. The van der Waals surface area contributed by atoms with Crippen molar-refractivity contribution >= 4 is 0 Å². The van der Waals surface area contributed by atoms with Crippen LogP contribution in [0, 0.1) is 0 Å². The van der Waals surface area contributed by atoms with Crippen molar-refractivity contribution in [1.82, 2.24) is 5.48 Å². The number of nitrogens with one attached hydrogen (secondary N) is 1. The molecule has 0 aromatic heterocycles. The van der Waals surface area contributed by atoms with Gasteiger partial charge in [0.1, 0.15) is 11.4 Å². The minimum Gasteiger partial charge on any atom is -0.508 e. The van der Waals surface area contributed by atoms with Crippen LogP contribution in [0.4, 0.5) is 0 Å². The largest absolute Gasteiger partial charge is 0.508 e. The molecule has 3 rings (SSSR count). The van der Waals surface area contributed by atoms with Gasteiger partial charge in [-0.2, -0.15) is 0 Å². The molecule has 21 heavy (non-hydrogen) atoms. The monoisotopic (exact) mass is 281 g/mol. The van der Waals surface area contributed by atoms with Crippen LogP contribution in [-0.4, -0.2) is 5.11 Å². The standard InChI is InChI=1S/C18H19NO2/c1-18(15-8-3-2-4-9-15)13-16(19-21-18)12-11-14-7-5-6-10-17(14)20/h2-10,13,19-20H,11-12H2,1H3. The Balaban J connectivity index is 1.71. The Labute approximate surface area is 124 Å². The Morgan fingerprint density at radius 3 is 2.48 bits per heavy atom. The third-order valence-electron chi connectivity index (χ3n) is 3.85. The van der Waals surface area contributed by atoms with Crippen LogP contribution in [0.15, 0.2) is 66.4 Å². The summed E-state index contributed by atoms with van der Waals surface area (Å²) in [6, 6.07) is 17.6. The molecule has 1 aliphatic rings. The van der Waals surface area contributed by atoms with E-state index in [0.717, 1.165) is 29.7 Å². The molecule has 0 fully saturated rings. The molecule has 0 amide bonds. The lowest BCUT2D eigenvalue weighted by atomic mass is 9.95. The van der Waals surface area contributed by atoms with Gasteiger partial charge < -0.3 is 5.11 Å². The Kier molecular flexibility index (Phi) is 3.67. The molecule has 0 spiro atoms. The topological polar surface area (TPSA) is 41.5 Å². The maximum atomic E-state index is 9.79. The summed E-state index contributed by atoms with van der Waals surface area (Å²) < 4.78 is 0. The number of phenolic OH excluding ortho intramolecular Hbond substituents is 1. The molecule has 3 heteroatoms. The summed E-state index contributed by atoms with van der Waals surface area (Å²) in [5.41, 5.74) is 5.70. The molecule has 1 atom stereocenters. The highest BCUT2D eigenvalue weighted by atomic mass is 16.7. The Morgan fingerprint density at radius 2 is 1.71 bits per heavy atom. The van der Waals surface area contributed by atoms with Gasteiger partial charge in [0.25, 0.3) is 0 Å². The summed E-state index contributed by atoms with van der Waals surface area (Å²) in [7, 11) is 0. The maximum Gasteiger partial charge on any atom is 0.138 e. The fourth-order valence-corrected chi connectivity index (χ4v) is 2.59. The normalized spacial score (nSPS) is 20.9. The van der Waals surface area contributed by atoms with Crippen LogP contribution in [0.5, 0.6) is 5.75 Å². The number of benzene rings is 2. The first-order valence-corrected chi connectivity index (χ1v) is 7.15. The van der Waals surface area contributed by atoms with E-state index in [2.05, 4.69) is 23.7 Å². The summed E-state index contributed by atoms with van der Waals surface area (Å²) in [5, 5.41) is 9.79. The fraction of sp³-hybridized carbons (Fsp3) is 0.222. The van der Waals surface area contributed by atoms with Crippen LogP contribution in [0.2, 0.25) is 0 Å². The van der Waals surface area contributed by atoms with E-state index in [0.29, 0.717) is 5.75 Å². The van der Waals surface area contributed by atoms with Crippen molar-refractivity contribution in [3.63, 3.8) is 0 Å². The average molecular weight is 281 g/mol. The van der Waals surface area contributed by atoms with Crippen LogP contribution < -0.4 is 5.48 Å². The van der Waals surface area contributed by atoms with Crippen molar-refractivity contribution in [2.24, 2.45) is 0 Å². The van der Waals surface area contributed by atoms with E-state index >= 15 is 0 Å². The molecular weight excluding hydrogens is 262 g/mol. The molecule has 2 aromatic carbocycles. The molecule has 1 heterocycles. The summed E-state index contributed by atoms with van der Waals surface area (Å²) >= 11 is 0. The number of hydrogen-bond acceptors (Lipinski definition) is 3. The molecule has 2 aromatic rings. The van der Waals surface area contributed by atoms with Crippen LogP contribution >= 0.6 is 0 Å². The van der Waals surface area contributed by atoms with Crippen molar-refractivity contribution in [2.75, 3.05) is 0 Å². The van der Waals surface area contributed by atoms with Gasteiger partial charge in [-0.1, -0.05) is 48.5 Å². The molecule has 3 nitrogen and oxygen atoms in total. The lowest BCUT2D eigenvalue weighted by Crippen LogP contribution is -2.22. The number of phenols is 1. The smallest absolute Gasteiger partial charge is 0.138 e. The summed E-state index contributed by atoms with van der Waals surface area (Å²) in [6.07, 6.45) is 3.70. The SMILES string of the molecule is CC1(c2ccccc2)C=C(CCc2ccccc2O)NO1. The summed E-state index contributed by atoms with van der Waals surface area (Å²) in [5.74, 6) is 0.350. The first-order valence-electron chi connectivity index (χ1n) is 7.15. The van der Waals surface area contributed by atoms with Gasteiger partial charge in [0.2, 0.25) is 0 Å². The number of aryl methyl sites for hydroxylation is 1. The predicted octanol–water partition coefficient (Wildman–Crippen LogP) is 3.66. The first kappa shape index (κ1) is 13.7. The minimum atomic E-state index is -0.435. The number of aromatic hydroxyl groups is 1. The van der Waals surface area contributed by atoms with E-state index < -0.39 is 5.60 Å². The number of rotatable bonds is 4. The molecule has 0 bridgehead atoms. The zero-order valence-corrected chi connectivity index (χ0v) is 12.0. The number of hydroxylamine groups is 1. The van der Waals surface area contributed by atoms with Gasteiger partial charge in [-0.15, -0.1) is 0 Å². The molecule has 0 aliphatic carbocycles. The number of allylic oxidation sites excluding steroid dienone is 1. The highest BCUT2D eigenvalue weighted by molar-refractivity contribution is 5.33. The number of hydrogen-bond donors (Lipinski definition) is 2. The van der Waals surface area contributed by atoms with Crippen LogP contribution in [0.3, 0.4) is 0 Å². The molecule has 0 saturated heterocycles. The van der Waals surface area contributed by atoms with E-state index in [1.165, 1.54) is 0 Å². The molecular formula is C18H19NO2. The maximum absolute atomic E-state index is 9.79. The third-order valence-corrected chi connectivity index (χ3v) is 3.85. The van der Waals surface area contributed by atoms with Gasteiger partial charge in [-0.3, -0.25) is 10.3 Å². The lowest BCUT2D eigenvalue weighted by molar-refractivity contribution is -0.0321. The molecule has 1 unspecified atom stereocenters. The van der Waals surface area contributed by atoms with E-state index in [1.54, 1.807) is 6.07 Å². The van der Waals surface area contributed by atoms with E-state index in [-0.39, 0.29) is 0 Å². The lowest BCUT2D eigenvalue weighted by Gasteiger charge is -2.20. The van der Waals surface area contributed by atoms with Gasteiger partial charge >= 0.3 is 0 Å². The second-order valence-corrected chi connectivity index (χ2v) is 5.48. The van der Waals surface area contributed by atoms with E-state index in [9.17, 15) is 5.11 Å². The Morgan fingerprint density at radius 1 is 1.00 bits per heavy atom. The third kappa shape index (κ3) is 2.93. The van der Waals surface area contributed by atoms with Gasteiger partial charge in [-0.25, -0.2) is 0 Å². The zero-order chi connectivity index (χ0) is 14.7. The van der Waals surface area contributed by atoms with Gasteiger partial charge in [0, 0.05) is 5.70 Å². The Bertz CT molecular complexity index is 651. The fourth-order valence-electron chi connectivity index (χ4n) is 2.59. The summed E-state index contributed by atoms with van der Waals surface area (Å²) in [6.45, 7) is 2.04. The molecule has 2 N–H and O–H groups in total. The van der Waals surface area contributed by atoms with Gasteiger partial charge in [0.05, 0.1) is 0 Å². The highest BCUT2D eigenvalue weighted by Crippen LogP contribution is 2.32. The average Bonchev–Trinajstić information content (AvgIpc) is 2.90. The van der Waals surface area contributed by atoms with Gasteiger partial charge in [0.15, 0.2) is 0 Å². The highest BCUT2D eigenvalue weighted by Gasteiger charge is 2.31. The minimum absolute atomic E-state index is 0.350. The van der Waals surface area contributed by atoms with Crippen molar-refractivity contribution in [3.8, 4) is 5.75 Å².